The zero-order valence-corrected chi connectivity index (χ0v) is 13.1. The SMILES string of the molecule is CN(Cc1ccc(F)cc1F)C(=O)Nc1ccc2ccccc2c1. The molecule has 3 aromatic carbocycles. The molecule has 0 saturated carbocycles. The molecule has 0 bridgehead atoms. The second-order valence-electron chi connectivity index (χ2n) is 5.58. The van der Waals surface area contributed by atoms with Gasteiger partial charge in [0.25, 0.3) is 0 Å². The lowest BCUT2D eigenvalue weighted by atomic mass is 10.1. The molecule has 24 heavy (non-hydrogen) atoms. The largest absolute Gasteiger partial charge is 0.323 e. The van der Waals surface area contributed by atoms with Gasteiger partial charge in [0.2, 0.25) is 0 Å². The van der Waals surface area contributed by atoms with Gasteiger partial charge in [0.05, 0.1) is 0 Å². The lowest BCUT2D eigenvalue weighted by Crippen LogP contribution is -2.31. The molecule has 1 N–H and O–H groups in total. The van der Waals surface area contributed by atoms with E-state index in [1.54, 1.807) is 7.05 Å². The molecule has 0 saturated heterocycles. The van der Waals surface area contributed by atoms with E-state index in [-0.39, 0.29) is 18.1 Å². The Balaban J connectivity index is 1.70. The predicted octanol–water partition coefficient (Wildman–Crippen LogP) is 4.78. The summed E-state index contributed by atoms with van der Waals surface area (Å²) >= 11 is 0. The van der Waals surface area contributed by atoms with Gasteiger partial charge in [0, 0.05) is 30.9 Å². The number of halogens is 2. The third kappa shape index (κ3) is 3.51. The van der Waals surface area contributed by atoms with Gasteiger partial charge in [-0.05, 0) is 29.0 Å². The Kier molecular flexibility index (Phi) is 4.42. The van der Waals surface area contributed by atoms with Gasteiger partial charge in [0.15, 0.2) is 0 Å². The first kappa shape index (κ1) is 15.9. The molecule has 0 aliphatic heterocycles. The highest BCUT2D eigenvalue weighted by Crippen LogP contribution is 2.19. The fraction of sp³-hybridized carbons (Fsp3) is 0.105. The maximum absolute atomic E-state index is 13.7. The van der Waals surface area contributed by atoms with Crippen LogP contribution in [0.5, 0.6) is 0 Å². The topological polar surface area (TPSA) is 32.3 Å². The number of fused-ring (bicyclic) bond motifs is 1. The Labute approximate surface area is 138 Å². The molecule has 0 aromatic heterocycles. The molecule has 122 valence electrons. The van der Waals surface area contributed by atoms with Gasteiger partial charge < -0.3 is 10.2 Å². The maximum Gasteiger partial charge on any atom is 0.321 e. The van der Waals surface area contributed by atoms with Crippen molar-refractivity contribution in [3.63, 3.8) is 0 Å². The van der Waals surface area contributed by atoms with Crippen molar-refractivity contribution < 1.29 is 13.6 Å². The number of hydrogen-bond acceptors (Lipinski definition) is 1. The van der Waals surface area contributed by atoms with Crippen LogP contribution in [-0.2, 0) is 6.54 Å². The van der Waals surface area contributed by atoms with Crippen LogP contribution in [0.3, 0.4) is 0 Å². The van der Waals surface area contributed by atoms with Crippen molar-refractivity contribution >= 4 is 22.5 Å². The third-order valence-corrected chi connectivity index (χ3v) is 3.77. The number of nitrogens with zero attached hydrogens (tertiary/aromatic N) is 1. The summed E-state index contributed by atoms with van der Waals surface area (Å²) < 4.78 is 26.6. The van der Waals surface area contributed by atoms with E-state index in [9.17, 15) is 13.6 Å². The number of anilines is 1. The summed E-state index contributed by atoms with van der Waals surface area (Å²) in [6, 6.07) is 16.4. The number of carbonyl (C=O) groups excluding carboxylic acids is 1. The van der Waals surface area contributed by atoms with Crippen molar-refractivity contribution in [1.29, 1.82) is 0 Å². The molecule has 0 aliphatic carbocycles. The quantitative estimate of drug-likeness (QED) is 0.738. The summed E-state index contributed by atoms with van der Waals surface area (Å²) in [4.78, 5) is 13.6. The summed E-state index contributed by atoms with van der Waals surface area (Å²) in [5, 5.41) is 4.87. The van der Waals surface area contributed by atoms with Gasteiger partial charge in [-0.15, -0.1) is 0 Å². The van der Waals surface area contributed by atoms with Crippen LogP contribution < -0.4 is 5.32 Å². The molecule has 0 spiro atoms. The van der Waals surface area contributed by atoms with Crippen LogP contribution in [0.25, 0.3) is 10.8 Å². The van der Waals surface area contributed by atoms with E-state index in [0.717, 1.165) is 16.8 Å². The van der Waals surface area contributed by atoms with E-state index in [1.807, 2.05) is 42.5 Å². The van der Waals surface area contributed by atoms with Gasteiger partial charge >= 0.3 is 6.03 Å². The lowest BCUT2D eigenvalue weighted by Gasteiger charge is -2.18. The number of benzene rings is 3. The zero-order chi connectivity index (χ0) is 17.1. The highest BCUT2D eigenvalue weighted by molar-refractivity contribution is 5.93. The van der Waals surface area contributed by atoms with Crippen molar-refractivity contribution in [3.8, 4) is 0 Å². The van der Waals surface area contributed by atoms with Crippen molar-refractivity contribution in [1.82, 2.24) is 4.90 Å². The molecular weight excluding hydrogens is 310 g/mol. The molecule has 3 aromatic rings. The Bertz CT molecular complexity index is 895. The molecule has 2 amide bonds. The molecular formula is C19H16F2N2O. The number of rotatable bonds is 3. The standard InChI is InChI=1S/C19H16F2N2O/c1-23(12-15-6-8-16(20)11-18(15)21)19(24)22-17-9-7-13-4-2-3-5-14(13)10-17/h2-11H,12H2,1H3,(H,22,24). The highest BCUT2D eigenvalue weighted by Gasteiger charge is 2.12. The van der Waals surface area contributed by atoms with Gasteiger partial charge in [0.1, 0.15) is 11.6 Å². The number of nitrogens with one attached hydrogen (secondary N) is 1. The molecule has 5 heteroatoms. The molecule has 0 heterocycles. The molecule has 0 unspecified atom stereocenters. The van der Waals surface area contributed by atoms with E-state index in [2.05, 4.69) is 5.32 Å². The lowest BCUT2D eigenvalue weighted by molar-refractivity contribution is 0.220. The van der Waals surface area contributed by atoms with Gasteiger partial charge in [-0.25, -0.2) is 13.6 Å². The van der Waals surface area contributed by atoms with Gasteiger partial charge in [-0.3, -0.25) is 0 Å². The molecule has 3 nitrogen and oxygen atoms in total. The fourth-order valence-corrected chi connectivity index (χ4v) is 2.46. The first-order valence-corrected chi connectivity index (χ1v) is 7.48. The minimum Gasteiger partial charge on any atom is -0.323 e. The van der Waals surface area contributed by atoms with Gasteiger partial charge in [-0.1, -0.05) is 36.4 Å². The fourth-order valence-electron chi connectivity index (χ4n) is 2.46. The molecule has 0 atom stereocenters. The van der Waals surface area contributed by atoms with Crippen LogP contribution >= 0.6 is 0 Å². The second-order valence-corrected chi connectivity index (χ2v) is 5.58. The number of amides is 2. The Morgan fingerprint density at radius 1 is 1.00 bits per heavy atom. The summed E-state index contributed by atoms with van der Waals surface area (Å²) in [7, 11) is 1.55. The van der Waals surface area contributed by atoms with Crippen LogP contribution in [0, 0.1) is 11.6 Å². The number of urea groups is 1. The average molecular weight is 326 g/mol. The first-order valence-electron chi connectivity index (χ1n) is 7.48. The Morgan fingerprint density at radius 3 is 2.50 bits per heavy atom. The minimum atomic E-state index is -0.666. The van der Waals surface area contributed by atoms with E-state index in [0.29, 0.717) is 5.69 Å². The normalized spacial score (nSPS) is 10.6. The molecule has 0 radical (unpaired) electrons. The van der Waals surface area contributed by atoms with Crippen LogP contribution in [0.4, 0.5) is 19.3 Å². The molecule has 0 fully saturated rings. The van der Waals surface area contributed by atoms with Crippen molar-refractivity contribution in [2.24, 2.45) is 0 Å². The van der Waals surface area contributed by atoms with E-state index >= 15 is 0 Å². The second kappa shape index (κ2) is 6.66. The summed E-state index contributed by atoms with van der Waals surface area (Å²) in [5.41, 5.74) is 0.915. The smallest absolute Gasteiger partial charge is 0.321 e. The van der Waals surface area contributed by atoms with Crippen LogP contribution in [0.1, 0.15) is 5.56 Å². The summed E-state index contributed by atoms with van der Waals surface area (Å²) in [6.45, 7) is 0.0472. The number of hydrogen-bond donors (Lipinski definition) is 1. The van der Waals surface area contributed by atoms with Crippen LogP contribution in [-0.4, -0.2) is 18.0 Å². The minimum absolute atomic E-state index is 0.0472. The van der Waals surface area contributed by atoms with Crippen LogP contribution in [0.15, 0.2) is 60.7 Å². The van der Waals surface area contributed by atoms with Crippen molar-refractivity contribution in [2.45, 2.75) is 6.54 Å². The Morgan fingerprint density at radius 2 is 1.75 bits per heavy atom. The van der Waals surface area contributed by atoms with Gasteiger partial charge in [-0.2, -0.15) is 0 Å². The van der Waals surface area contributed by atoms with Crippen molar-refractivity contribution in [3.05, 3.63) is 77.9 Å². The highest BCUT2D eigenvalue weighted by atomic mass is 19.1. The van der Waals surface area contributed by atoms with E-state index < -0.39 is 11.6 Å². The first-order chi connectivity index (χ1) is 11.5. The Hall–Kier alpha value is -2.95. The third-order valence-electron chi connectivity index (χ3n) is 3.77. The molecule has 3 rings (SSSR count). The zero-order valence-electron chi connectivity index (χ0n) is 13.1. The monoisotopic (exact) mass is 326 g/mol. The number of carbonyl (C=O) groups is 1. The molecule has 0 aliphatic rings. The predicted molar refractivity (Wildman–Crippen MR) is 90.8 cm³/mol. The van der Waals surface area contributed by atoms with Crippen LogP contribution in [0.2, 0.25) is 0 Å². The van der Waals surface area contributed by atoms with E-state index in [4.69, 9.17) is 0 Å². The summed E-state index contributed by atoms with van der Waals surface area (Å²) in [5.74, 6) is -1.31. The maximum atomic E-state index is 13.7. The summed E-state index contributed by atoms with van der Waals surface area (Å²) in [6.07, 6.45) is 0. The van der Waals surface area contributed by atoms with E-state index in [1.165, 1.54) is 17.0 Å². The average Bonchev–Trinajstić information content (AvgIpc) is 2.57. The van der Waals surface area contributed by atoms with Crippen molar-refractivity contribution in [2.75, 3.05) is 12.4 Å².